The molecule has 0 saturated heterocycles. The van der Waals surface area contributed by atoms with Gasteiger partial charge >= 0.3 is 16.4 Å². The number of ether oxygens (including phenoxy) is 1. The summed E-state index contributed by atoms with van der Waals surface area (Å²) in [5.74, 6) is -0.312. The third-order valence-electron chi connectivity index (χ3n) is 0.624. The quantitative estimate of drug-likeness (QED) is 0.405. The van der Waals surface area contributed by atoms with Crippen LogP contribution in [0, 0.1) is 0 Å². The van der Waals surface area contributed by atoms with Crippen molar-refractivity contribution < 1.29 is 21.8 Å². The van der Waals surface area contributed by atoms with Crippen LogP contribution in [0.2, 0.25) is 0 Å². The van der Waals surface area contributed by atoms with E-state index in [1.54, 1.807) is 13.8 Å². The highest BCUT2D eigenvalue weighted by Crippen LogP contribution is 1.89. The Kier molecular flexibility index (Phi) is 7.34. The van der Waals surface area contributed by atoms with Crippen molar-refractivity contribution in [3.8, 4) is 0 Å². The fourth-order valence-corrected chi connectivity index (χ4v) is 0.254. The van der Waals surface area contributed by atoms with E-state index in [9.17, 15) is 8.68 Å². The zero-order valence-electron chi connectivity index (χ0n) is 7.41. The number of rotatable bonds is 2. The lowest BCUT2D eigenvalue weighted by Gasteiger charge is -1.96. The standard InChI is InChI=1S/C6H10O2.FH2NO2S/c1-4-8-6(7)5(2)3;1-5(2,3)4/h2,4H2,1,3H3;(H2,2,3,4). The van der Waals surface area contributed by atoms with Crippen molar-refractivity contribution in [2.24, 2.45) is 5.14 Å². The van der Waals surface area contributed by atoms with Crippen molar-refractivity contribution in [2.45, 2.75) is 13.8 Å². The summed E-state index contributed by atoms with van der Waals surface area (Å²) < 4.78 is 32.5. The molecule has 2 N–H and O–H groups in total. The van der Waals surface area contributed by atoms with Gasteiger partial charge in [-0.1, -0.05) is 10.5 Å². The predicted molar refractivity (Wildman–Crippen MR) is 45.7 cm³/mol. The molecule has 78 valence electrons. The number of carbonyl (C=O) groups excluding carboxylic acids is 1. The second-order valence-corrected chi connectivity index (χ2v) is 2.93. The van der Waals surface area contributed by atoms with Crippen LogP contribution in [0.5, 0.6) is 0 Å². The maximum atomic E-state index is 10.4. The number of carbonyl (C=O) groups is 1. The minimum atomic E-state index is -4.67. The summed E-state index contributed by atoms with van der Waals surface area (Å²) in [6.45, 7) is 7.21. The van der Waals surface area contributed by atoms with Crippen molar-refractivity contribution in [1.82, 2.24) is 0 Å². The van der Waals surface area contributed by atoms with Crippen molar-refractivity contribution in [3.05, 3.63) is 12.2 Å². The summed E-state index contributed by atoms with van der Waals surface area (Å²) in [6.07, 6.45) is 0. The lowest BCUT2D eigenvalue weighted by Crippen LogP contribution is -2.03. The highest BCUT2D eigenvalue weighted by atomic mass is 32.3. The molecular formula is C6H12FNO4S. The van der Waals surface area contributed by atoms with Crippen molar-refractivity contribution in [3.63, 3.8) is 0 Å². The van der Waals surface area contributed by atoms with Crippen LogP contribution in [0.15, 0.2) is 12.2 Å². The molecule has 0 fully saturated rings. The maximum absolute atomic E-state index is 10.4. The van der Waals surface area contributed by atoms with Crippen LogP contribution >= 0.6 is 0 Å². The van der Waals surface area contributed by atoms with E-state index in [0.717, 1.165) is 0 Å². The summed E-state index contributed by atoms with van der Waals surface area (Å²) in [7, 11) is -4.67. The molecule has 13 heavy (non-hydrogen) atoms. The number of nitrogens with two attached hydrogens (primary N) is 1. The lowest BCUT2D eigenvalue weighted by atomic mass is 10.4. The van der Waals surface area contributed by atoms with E-state index in [1.165, 1.54) is 0 Å². The van der Waals surface area contributed by atoms with Gasteiger partial charge in [-0.15, -0.1) is 0 Å². The van der Waals surface area contributed by atoms with Gasteiger partial charge in [-0.3, -0.25) is 0 Å². The molecule has 0 aromatic rings. The topological polar surface area (TPSA) is 86.5 Å². The van der Waals surface area contributed by atoms with Gasteiger partial charge in [0.2, 0.25) is 0 Å². The largest absolute Gasteiger partial charge is 0.463 e. The molecule has 0 amide bonds. The monoisotopic (exact) mass is 213 g/mol. The van der Waals surface area contributed by atoms with Gasteiger partial charge in [0.05, 0.1) is 6.61 Å². The molecule has 0 spiro atoms. The minimum absolute atomic E-state index is 0.312. The van der Waals surface area contributed by atoms with Crippen molar-refractivity contribution in [2.75, 3.05) is 6.61 Å². The third-order valence-corrected chi connectivity index (χ3v) is 0.624. The average molecular weight is 213 g/mol. The van der Waals surface area contributed by atoms with E-state index in [-0.39, 0.29) is 5.97 Å². The van der Waals surface area contributed by atoms with Crippen LogP contribution < -0.4 is 5.14 Å². The average Bonchev–Trinajstić information content (AvgIpc) is 1.84. The fourth-order valence-electron chi connectivity index (χ4n) is 0.254. The molecule has 0 aliphatic heterocycles. The van der Waals surface area contributed by atoms with Crippen molar-refractivity contribution >= 4 is 16.4 Å². The summed E-state index contributed by atoms with van der Waals surface area (Å²) in [5, 5.41) is 3.66. The molecule has 0 radical (unpaired) electrons. The molecule has 5 nitrogen and oxygen atoms in total. The first kappa shape index (κ1) is 14.6. The molecule has 7 heteroatoms. The van der Waals surface area contributed by atoms with Gasteiger partial charge in [0.25, 0.3) is 0 Å². The second kappa shape index (κ2) is 6.55. The van der Waals surface area contributed by atoms with E-state index in [2.05, 4.69) is 16.5 Å². The first-order chi connectivity index (χ1) is 5.68. The van der Waals surface area contributed by atoms with E-state index in [1.807, 2.05) is 0 Å². The Hall–Kier alpha value is -0.950. The summed E-state index contributed by atoms with van der Waals surface area (Å²) >= 11 is 0. The lowest BCUT2D eigenvalue weighted by molar-refractivity contribution is -0.138. The Morgan fingerprint density at radius 2 is 1.92 bits per heavy atom. The second-order valence-electron chi connectivity index (χ2n) is 1.98. The van der Waals surface area contributed by atoms with Crippen LogP contribution in [0.4, 0.5) is 3.89 Å². The van der Waals surface area contributed by atoms with E-state index < -0.39 is 10.4 Å². The van der Waals surface area contributed by atoms with Gasteiger partial charge in [0.1, 0.15) is 0 Å². The van der Waals surface area contributed by atoms with Gasteiger partial charge in [0, 0.05) is 5.57 Å². The van der Waals surface area contributed by atoms with E-state index in [0.29, 0.717) is 12.2 Å². The van der Waals surface area contributed by atoms with Crippen LogP contribution in [0.3, 0.4) is 0 Å². The Morgan fingerprint density at radius 3 is 2.00 bits per heavy atom. The highest BCUT2D eigenvalue weighted by Gasteiger charge is 1.98. The molecule has 0 unspecified atom stereocenters. The molecular weight excluding hydrogens is 201 g/mol. The first-order valence-electron chi connectivity index (χ1n) is 3.23. The number of hydrogen-bond donors (Lipinski definition) is 1. The van der Waals surface area contributed by atoms with Gasteiger partial charge in [-0.05, 0) is 13.8 Å². The van der Waals surface area contributed by atoms with E-state index in [4.69, 9.17) is 8.42 Å². The molecule has 0 aliphatic carbocycles. The molecule has 0 rings (SSSR count). The van der Waals surface area contributed by atoms with Crippen LogP contribution in [0.1, 0.15) is 13.8 Å². The summed E-state index contributed by atoms with van der Waals surface area (Å²) in [4.78, 5) is 10.4. The fraction of sp³-hybridized carbons (Fsp3) is 0.500. The Bertz CT molecular complexity index is 264. The third kappa shape index (κ3) is 24.7. The SMILES string of the molecule is C=C(C)C(=O)OCC.NS(=O)(=O)F. The minimum Gasteiger partial charge on any atom is -0.463 e. The molecule has 0 aliphatic rings. The number of esters is 1. The first-order valence-corrected chi connectivity index (χ1v) is 4.68. The van der Waals surface area contributed by atoms with E-state index >= 15 is 0 Å². The van der Waals surface area contributed by atoms with Gasteiger partial charge < -0.3 is 4.74 Å². The Morgan fingerprint density at radius 1 is 1.62 bits per heavy atom. The number of halogens is 1. The Labute approximate surface area is 76.7 Å². The normalized spacial score (nSPS) is 9.54. The smallest absolute Gasteiger partial charge is 0.369 e. The van der Waals surface area contributed by atoms with Crippen LogP contribution in [0.25, 0.3) is 0 Å². The zero-order chi connectivity index (χ0) is 11.1. The molecule has 0 aromatic carbocycles. The maximum Gasteiger partial charge on any atom is 0.369 e. The Balaban J connectivity index is 0. The molecule has 0 atom stereocenters. The van der Waals surface area contributed by atoms with Crippen molar-refractivity contribution in [1.29, 1.82) is 0 Å². The molecule has 0 heterocycles. The summed E-state index contributed by atoms with van der Waals surface area (Å²) in [6, 6.07) is 0. The molecule has 0 bridgehead atoms. The van der Waals surface area contributed by atoms with Crippen LogP contribution in [-0.4, -0.2) is 21.0 Å². The van der Waals surface area contributed by atoms with Crippen LogP contribution in [-0.2, 0) is 19.9 Å². The van der Waals surface area contributed by atoms with Gasteiger partial charge in [-0.25, -0.2) is 9.93 Å². The van der Waals surface area contributed by atoms with Gasteiger partial charge in [0.15, 0.2) is 0 Å². The predicted octanol–water partition coefficient (Wildman–Crippen LogP) is 0.285. The zero-order valence-corrected chi connectivity index (χ0v) is 8.23. The highest BCUT2D eigenvalue weighted by molar-refractivity contribution is 7.83. The van der Waals surface area contributed by atoms with Gasteiger partial charge in [-0.2, -0.15) is 8.42 Å². The summed E-state index contributed by atoms with van der Waals surface area (Å²) in [5.41, 5.74) is 0.451. The molecule has 0 saturated carbocycles. The number of hydrogen-bond acceptors (Lipinski definition) is 4. The molecule has 0 aromatic heterocycles.